The van der Waals surface area contributed by atoms with Crippen molar-refractivity contribution < 1.29 is 9.72 Å². The number of hydrogen-bond acceptors (Lipinski definition) is 4. The minimum absolute atomic E-state index is 0.0178. The van der Waals surface area contributed by atoms with E-state index in [0.717, 1.165) is 28.1 Å². The van der Waals surface area contributed by atoms with Crippen molar-refractivity contribution in [2.24, 2.45) is 0 Å². The van der Waals surface area contributed by atoms with Gasteiger partial charge in [-0.05, 0) is 66.9 Å². The molecule has 1 aliphatic rings. The second-order valence-electron chi connectivity index (χ2n) is 6.96. The van der Waals surface area contributed by atoms with E-state index in [0.29, 0.717) is 5.56 Å². The summed E-state index contributed by atoms with van der Waals surface area (Å²) in [4.78, 5) is 25.6. The van der Waals surface area contributed by atoms with E-state index in [1.54, 1.807) is 23.1 Å². The van der Waals surface area contributed by atoms with E-state index in [9.17, 15) is 14.9 Å². The van der Waals surface area contributed by atoms with Gasteiger partial charge in [0.25, 0.3) is 11.6 Å². The van der Waals surface area contributed by atoms with E-state index in [2.05, 4.69) is 11.4 Å². The SMILES string of the molecule is Cc1cc(C)cc(N2C(=O)c3ccccc3NC2c2ccc([N+](=O)[O-])cc2)c1. The predicted octanol–water partition coefficient (Wildman–Crippen LogP) is 4.98. The lowest BCUT2D eigenvalue weighted by Gasteiger charge is -2.38. The second-order valence-corrected chi connectivity index (χ2v) is 6.96. The van der Waals surface area contributed by atoms with Crippen molar-refractivity contribution in [1.82, 2.24) is 0 Å². The van der Waals surface area contributed by atoms with Crippen LogP contribution in [0.3, 0.4) is 0 Å². The Bertz CT molecular complexity index is 1060. The van der Waals surface area contributed by atoms with E-state index in [1.807, 2.05) is 44.2 Å². The average molecular weight is 373 g/mol. The summed E-state index contributed by atoms with van der Waals surface area (Å²) in [5, 5.41) is 14.4. The molecule has 1 atom stereocenters. The summed E-state index contributed by atoms with van der Waals surface area (Å²) in [5.41, 5.74) is 5.04. The first kappa shape index (κ1) is 17.7. The lowest BCUT2D eigenvalue weighted by atomic mass is 10.0. The zero-order valence-corrected chi connectivity index (χ0v) is 15.5. The van der Waals surface area contributed by atoms with Crippen molar-refractivity contribution >= 4 is 23.0 Å². The highest BCUT2D eigenvalue weighted by Crippen LogP contribution is 2.37. The zero-order chi connectivity index (χ0) is 19.8. The Hall–Kier alpha value is -3.67. The Balaban J connectivity index is 1.85. The molecule has 6 nitrogen and oxygen atoms in total. The minimum atomic E-state index is -0.468. The first-order valence-electron chi connectivity index (χ1n) is 8.96. The van der Waals surface area contributed by atoms with Gasteiger partial charge < -0.3 is 5.32 Å². The maximum atomic E-state index is 13.4. The first-order valence-corrected chi connectivity index (χ1v) is 8.96. The molecule has 1 amide bonds. The molecule has 1 heterocycles. The van der Waals surface area contributed by atoms with Crippen molar-refractivity contribution in [2.75, 3.05) is 10.2 Å². The summed E-state index contributed by atoms with van der Waals surface area (Å²) in [6, 6.07) is 19.7. The van der Waals surface area contributed by atoms with Gasteiger partial charge >= 0.3 is 0 Å². The standard InChI is InChI=1S/C22H19N3O3/c1-14-11-15(2)13-18(12-14)24-21(16-7-9-17(10-8-16)25(27)28)23-20-6-4-3-5-19(20)22(24)26/h3-13,21,23H,1-2H3. The van der Waals surface area contributed by atoms with Crippen LogP contribution in [-0.4, -0.2) is 10.8 Å². The monoisotopic (exact) mass is 373 g/mol. The smallest absolute Gasteiger partial charge is 0.269 e. The van der Waals surface area contributed by atoms with E-state index < -0.39 is 11.1 Å². The van der Waals surface area contributed by atoms with Gasteiger partial charge in [0.1, 0.15) is 6.17 Å². The number of anilines is 2. The molecule has 0 aromatic heterocycles. The van der Waals surface area contributed by atoms with Crippen LogP contribution in [0.5, 0.6) is 0 Å². The molecule has 3 aromatic carbocycles. The molecule has 1 unspecified atom stereocenters. The number of amides is 1. The number of nitro groups is 1. The number of non-ortho nitro benzene ring substituents is 1. The lowest BCUT2D eigenvalue weighted by molar-refractivity contribution is -0.384. The van der Waals surface area contributed by atoms with Gasteiger partial charge in [0.05, 0.1) is 10.5 Å². The Morgan fingerprint density at radius 1 is 0.964 bits per heavy atom. The fraction of sp³-hybridized carbons (Fsp3) is 0.136. The second kappa shape index (κ2) is 6.81. The molecular weight excluding hydrogens is 354 g/mol. The Morgan fingerprint density at radius 3 is 2.25 bits per heavy atom. The third kappa shape index (κ3) is 3.09. The summed E-state index contributed by atoms with van der Waals surface area (Å²) in [6.07, 6.45) is -0.468. The molecule has 28 heavy (non-hydrogen) atoms. The van der Waals surface area contributed by atoms with Crippen molar-refractivity contribution in [1.29, 1.82) is 0 Å². The van der Waals surface area contributed by atoms with Gasteiger partial charge in [-0.25, -0.2) is 0 Å². The molecule has 0 aliphatic carbocycles. The van der Waals surface area contributed by atoms with Crippen molar-refractivity contribution in [3.63, 3.8) is 0 Å². The third-order valence-corrected chi connectivity index (χ3v) is 4.83. The topological polar surface area (TPSA) is 75.5 Å². The Morgan fingerprint density at radius 2 is 1.61 bits per heavy atom. The van der Waals surface area contributed by atoms with Gasteiger partial charge in [0.15, 0.2) is 0 Å². The average Bonchev–Trinajstić information content (AvgIpc) is 2.67. The maximum Gasteiger partial charge on any atom is 0.269 e. The number of nitrogens with one attached hydrogen (secondary N) is 1. The number of para-hydroxylation sites is 1. The number of hydrogen-bond donors (Lipinski definition) is 1. The number of nitrogens with zero attached hydrogens (tertiary/aromatic N) is 2. The van der Waals surface area contributed by atoms with Crippen LogP contribution in [0.1, 0.15) is 33.2 Å². The van der Waals surface area contributed by atoms with Crippen LogP contribution in [0.2, 0.25) is 0 Å². The van der Waals surface area contributed by atoms with Gasteiger partial charge in [0, 0.05) is 23.5 Å². The maximum absolute atomic E-state index is 13.4. The van der Waals surface area contributed by atoms with Crippen LogP contribution in [0.25, 0.3) is 0 Å². The van der Waals surface area contributed by atoms with E-state index in [-0.39, 0.29) is 11.6 Å². The fourth-order valence-electron chi connectivity index (χ4n) is 3.62. The van der Waals surface area contributed by atoms with Gasteiger partial charge in [0.2, 0.25) is 0 Å². The van der Waals surface area contributed by atoms with Gasteiger partial charge in [-0.1, -0.05) is 18.2 Å². The van der Waals surface area contributed by atoms with Crippen LogP contribution in [0.4, 0.5) is 17.1 Å². The quantitative estimate of drug-likeness (QED) is 0.519. The largest absolute Gasteiger partial charge is 0.360 e. The molecular formula is C22H19N3O3. The molecule has 4 rings (SSSR count). The molecule has 0 radical (unpaired) electrons. The molecule has 0 fully saturated rings. The van der Waals surface area contributed by atoms with Crippen molar-refractivity contribution in [3.05, 3.63) is 99.1 Å². The number of fused-ring (bicyclic) bond motifs is 1. The molecule has 6 heteroatoms. The summed E-state index contributed by atoms with van der Waals surface area (Å²) in [5.74, 6) is -0.109. The first-order chi connectivity index (χ1) is 13.4. The van der Waals surface area contributed by atoms with Crippen molar-refractivity contribution in [3.8, 4) is 0 Å². The fourth-order valence-corrected chi connectivity index (χ4v) is 3.62. The summed E-state index contributed by atoms with van der Waals surface area (Å²) < 4.78 is 0. The number of rotatable bonds is 3. The van der Waals surface area contributed by atoms with Crippen LogP contribution in [-0.2, 0) is 0 Å². The molecule has 1 N–H and O–H groups in total. The molecule has 140 valence electrons. The molecule has 1 aliphatic heterocycles. The summed E-state index contributed by atoms with van der Waals surface area (Å²) >= 11 is 0. The third-order valence-electron chi connectivity index (χ3n) is 4.83. The number of carbonyl (C=O) groups excluding carboxylic acids is 1. The Labute approximate surface area is 162 Å². The number of benzene rings is 3. The van der Waals surface area contributed by atoms with Crippen LogP contribution >= 0.6 is 0 Å². The molecule has 3 aromatic rings. The zero-order valence-electron chi connectivity index (χ0n) is 15.5. The van der Waals surface area contributed by atoms with Crippen molar-refractivity contribution in [2.45, 2.75) is 20.0 Å². The normalized spacial score (nSPS) is 15.7. The molecule has 0 saturated carbocycles. The van der Waals surface area contributed by atoms with Gasteiger partial charge in [-0.15, -0.1) is 0 Å². The van der Waals surface area contributed by atoms with Crippen LogP contribution in [0.15, 0.2) is 66.7 Å². The summed E-state index contributed by atoms with van der Waals surface area (Å²) in [7, 11) is 0. The number of nitro benzene ring substituents is 1. The van der Waals surface area contributed by atoms with Crippen LogP contribution in [0, 0.1) is 24.0 Å². The molecule has 0 bridgehead atoms. The predicted molar refractivity (Wildman–Crippen MR) is 109 cm³/mol. The van der Waals surface area contributed by atoms with Gasteiger partial charge in [-0.2, -0.15) is 0 Å². The van der Waals surface area contributed by atoms with Crippen LogP contribution < -0.4 is 10.2 Å². The van der Waals surface area contributed by atoms with E-state index in [4.69, 9.17) is 0 Å². The van der Waals surface area contributed by atoms with E-state index in [1.165, 1.54) is 12.1 Å². The summed E-state index contributed by atoms with van der Waals surface area (Å²) in [6.45, 7) is 3.99. The number of aryl methyl sites for hydroxylation is 2. The Kier molecular flexibility index (Phi) is 4.31. The number of carbonyl (C=O) groups is 1. The molecule has 0 saturated heterocycles. The lowest BCUT2D eigenvalue weighted by Crippen LogP contribution is -2.43. The highest BCUT2D eigenvalue weighted by Gasteiger charge is 2.34. The highest BCUT2D eigenvalue weighted by molar-refractivity contribution is 6.12. The van der Waals surface area contributed by atoms with Gasteiger partial charge in [-0.3, -0.25) is 19.8 Å². The molecule has 0 spiro atoms. The van der Waals surface area contributed by atoms with E-state index >= 15 is 0 Å². The minimum Gasteiger partial charge on any atom is -0.360 e. The highest BCUT2D eigenvalue weighted by atomic mass is 16.6.